The molecule has 0 spiro atoms. The number of esters is 2. The lowest BCUT2D eigenvalue weighted by molar-refractivity contribution is 0.0591. The van der Waals surface area contributed by atoms with Crippen LogP contribution in [0.1, 0.15) is 20.7 Å². The summed E-state index contributed by atoms with van der Waals surface area (Å²) in [5.74, 6) is -0.801. The van der Waals surface area contributed by atoms with Crippen molar-refractivity contribution in [2.75, 3.05) is 14.2 Å². The molecule has 0 aliphatic heterocycles. The Morgan fingerprint density at radius 1 is 0.647 bits per heavy atom. The number of nitrogens with zero attached hydrogens (tertiary/aromatic N) is 3. The highest BCUT2D eigenvalue weighted by Crippen LogP contribution is 2.33. The quantitative estimate of drug-likeness (QED) is 0.429. The van der Waals surface area contributed by atoms with Gasteiger partial charge in [-0.2, -0.15) is 0 Å². The molecule has 0 bridgehead atoms. The second kappa shape index (κ2) is 9.37. The van der Waals surface area contributed by atoms with E-state index in [4.69, 9.17) is 4.74 Å². The van der Waals surface area contributed by atoms with Crippen molar-refractivity contribution in [3.63, 3.8) is 0 Å². The molecule has 0 saturated carbocycles. The van der Waals surface area contributed by atoms with Crippen molar-refractivity contribution in [1.82, 2.24) is 15.0 Å². The smallest absolute Gasteiger partial charge is 0.337 e. The molecule has 0 saturated heterocycles. The van der Waals surface area contributed by atoms with Gasteiger partial charge < -0.3 is 19.7 Å². The average molecular weight is 457 g/mol. The van der Waals surface area contributed by atoms with Crippen LogP contribution in [0.4, 0.5) is 0 Å². The highest BCUT2D eigenvalue weighted by atomic mass is 16.5. The lowest BCUT2D eigenvalue weighted by atomic mass is 10.1. The van der Waals surface area contributed by atoms with Crippen LogP contribution >= 0.6 is 0 Å². The number of carbonyl (C=O) groups excluding carboxylic acids is 2. The number of hydrogen-bond donors (Lipinski definition) is 2. The largest absolute Gasteiger partial charge is 0.507 e. The Labute approximate surface area is 194 Å². The number of hydrogen-bond acceptors (Lipinski definition) is 9. The Balaban J connectivity index is 1.87. The van der Waals surface area contributed by atoms with Gasteiger partial charge in [0.25, 0.3) is 0 Å². The minimum Gasteiger partial charge on any atom is -0.507 e. The molecule has 9 nitrogen and oxygen atoms in total. The fourth-order valence-electron chi connectivity index (χ4n) is 3.25. The van der Waals surface area contributed by atoms with E-state index in [1.165, 1.54) is 38.5 Å². The van der Waals surface area contributed by atoms with Gasteiger partial charge in [-0.1, -0.05) is 24.3 Å². The Hall–Kier alpha value is -4.79. The monoisotopic (exact) mass is 457 g/mol. The summed E-state index contributed by atoms with van der Waals surface area (Å²) >= 11 is 0. The van der Waals surface area contributed by atoms with Crippen LogP contribution in [0, 0.1) is 0 Å². The standard InChI is InChI=1S/C25H19N3O6/c1-33-24(31)15-9-7-14(8-10-15)21-26-22(17-5-3-4-6-19(17)29)28-23(27-21)18-12-11-16(13-20(18)30)25(32)34-2/h3-13,29-30H,1-2H3. The lowest BCUT2D eigenvalue weighted by Gasteiger charge is -2.11. The van der Waals surface area contributed by atoms with Gasteiger partial charge >= 0.3 is 11.9 Å². The highest BCUT2D eigenvalue weighted by Gasteiger charge is 2.18. The second-order valence-corrected chi connectivity index (χ2v) is 7.12. The zero-order chi connectivity index (χ0) is 24.2. The summed E-state index contributed by atoms with van der Waals surface area (Å²) in [6.07, 6.45) is 0. The van der Waals surface area contributed by atoms with Crippen LogP contribution in [-0.4, -0.2) is 51.3 Å². The molecule has 1 aromatic heterocycles. The number of para-hydroxylation sites is 1. The van der Waals surface area contributed by atoms with Crippen molar-refractivity contribution >= 4 is 11.9 Å². The van der Waals surface area contributed by atoms with Crippen molar-refractivity contribution in [2.45, 2.75) is 0 Å². The van der Waals surface area contributed by atoms with Crippen molar-refractivity contribution in [1.29, 1.82) is 0 Å². The van der Waals surface area contributed by atoms with Gasteiger partial charge in [0.1, 0.15) is 11.5 Å². The topological polar surface area (TPSA) is 132 Å². The minimum atomic E-state index is -0.598. The molecule has 1 heterocycles. The molecule has 2 N–H and O–H groups in total. The lowest BCUT2D eigenvalue weighted by Crippen LogP contribution is -2.03. The van der Waals surface area contributed by atoms with E-state index in [0.717, 1.165) is 0 Å². The van der Waals surface area contributed by atoms with Gasteiger partial charge in [-0.3, -0.25) is 0 Å². The molecule has 0 aliphatic carbocycles. The predicted octanol–water partition coefficient (Wildman–Crippen LogP) is 3.86. The maximum absolute atomic E-state index is 11.8. The fraction of sp³-hybridized carbons (Fsp3) is 0.0800. The second-order valence-electron chi connectivity index (χ2n) is 7.12. The van der Waals surface area contributed by atoms with Crippen LogP contribution in [0.15, 0.2) is 66.7 Å². The molecule has 170 valence electrons. The van der Waals surface area contributed by atoms with E-state index >= 15 is 0 Å². The van der Waals surface area contributed by atoms with Crippen molar-refractivity contribution in [3.05, 3.63) is 77.9 Å². The zero-order valence-electron chi connectivity index (χ0n) is 18.2. The predicted molar refractivity (Wildman–Crippen MR) is 122 cm³/mol. The molecule has 4 rings (SSSR count). The number of benzene rings is 3. The van der Waals surface area contributed by atoms with E-state index in [1.807, 2.05) is 0 Å². The van der Waals surface area contributed by atoms with E-state index in [-0.39, 0.29) is 40.1 Å². The maximum atomic E-state index is 11.8. The average Bonchev–Trinajstić information content (AvgIpc) is 2.87. The van der Waals surface area contributed by atoms with Crippen molar-refractivity contribution < 1.29 is 29.3 Å². The van der Waals surface area contributed by atoms with Crippen molar-refractivity contribution in [2.24, 2.45) is 0 Å². The number of carbonyl (C=O) groups is 2. The third-order valence-electron chi connectivity index (χ3n) is 5.00. The van der Waals surface area contributed by atoms with E-state index in [0.29, 0.717) is 16.7 Å². The van der Waals surface area contributed by atoms with Gasteiger partial charge in [0.2, 0.25) is 0 Å². The number of ether oxygens (including phenoxy) is 2. The van der Waals surface area contributed by atoms with Gasteiger partial charge in [0.05, 0.1) is 36.5 Å². The summed E-state index contributed by atoms with van der Waals surface area (Å²) in [6, 6.07) is 17.3. The summed E-state index contributed by atoms with van der Waals surface area (Å²) in [6.45, 7) is 0. The van der Waals surface area contributed by atoms with E-state index in [1.54, 1.807) is 42.5 Å². The third-order valence-corrected chi connectivity index (χ3v) is 5.00. The van der Waals surface area contributed by atoms with Crippen LogP contribution in [0.5, 0.6) is 11.5 Å². The number of rotatable bonds is 5. The SMILES string of the molecule is COC(=O)c1ccc(-c2nc(-c3ccccc3O)nc(-c3ccc(C(=O)OC)cc3O)n2)cc1. The molecule has 9 heteroatoms. The molecular formula is C25H19N3O6. The molecular weight excluding hydrogens is 438 g/mol. The summed E-state index contributed by atoms with van der Waals surface area (Å²) in [4.78, 5) is 37.0. The van der Waals surface area contributed by atoms with E-state index < -0.39 is 11.9 Å². The molecule has 0 unspecified atom stereocenters. The number of methoxy groups -OCH3 is 2. The normalized spacial score (nSPS) is 10.5. The van der Waals surface area contributed by atoms with Crippen LogP contribution < -0.4 is 0 Å². The molecule has 0 amide bonds. The molecule has 0 radical (unpaired) electrons. The first kappa shape index (κ1) is 22.4. The Morgan fingerprint density at radius 3 is 1.76 bits per heavy atom. The zero-order valence-corrected chi connectivity index (χ0v) is 18.2. The Morgan fingerprint density at radius 2 is 1.18 bits per heavy atom. The molecule has 0 atom stereocenters. The van der Waals surface area contributed by atoms with Crippen LogP contribution in [0.25, 0.3) is 34.2 Å². The first-order chi connectivity index (χ1) is 16.4. The van der Waals surface area contributed by atoms with Crippen LogP contribution in [-0.2, 0) is 9.47 Å². The molecule has 3 aromatic carbocycles. The summed E-state index contributed by atoms with van der Waals surface area (Å²) in [7, 11) is 2.54. The molecule has 34 heavy (non-hydrogen) atoms. The first-order valence-electron chi connectivity index (χ1n) is 10.1. The van der Waals surface area contributed by atoms with E-state index in [2.05, 4.69) is 19.7 Å². The number of aromatic nitrogens is 3. The van der Waals surface area contributed by atoms with Crippen LogP contribution in [0.3, 0.4) is 0 Å². The van der Waals surface area contributed by atoms with Crippen molar-refractivity contribution in [3.8, 4) is 45.7 Å². The Kier molecular flexibility index (Phi) is 6.18. The number of aromatic hydroxyl groups is 2. The van der Waals surface area contributed by atoms with Gasteiger partial charge in [-0.25, -0.2) is 24.5 Å². The summed E-state index contributed by atoms with van der Waals surface area (Å²) in [5.41, 5.74) is 1.71. The minimum absolute atomic E-state index is 0.0306. The molecule has 0 aliphatic rings. The third kappa shape index (κ3) is 4.40. The van der Waals surface area contributed by atoms with Gasteiger partial charge in [0.15, 0.2) is 17.5 Å². The first-order valence-corrected chi connectivity index (χ1v) is 10.1. The fourth-order valence-corrected chi connectivity index (χ4v) is 3.25. The van der Waals surface area contributed by atoms with Gasteiger partial charge in [0, 0.05) is 5.56 Å². The molecule has 0 fully saturated rings. The van der Waals surface area contributed by atoms with E-state index in [9.17, 15) is 19.8 Å². The number of phenols is 2. The van der Waals surface area contributed by atoms with Crippen LogP contribution in [0.2, 0.25) is 0 Å². The van der Waals surface area contributed by atoms with Gasteiger partial charge in [-0.05, 0) is 42.5 Å². The molecule has 4 aromatic rings. The summed E-state index contributed by atoms with van der Waals surface area (Å²) in [5, 5.41) is 20.9. The number of phenolic OH excluding ortho intramolecular Hbond substituents is 2. The highest BCUT2D eigenvalue weighted by molar-refractivity contribution is 5.91. The summed E-state index contributed by atoms with van der Waals surface area (Å²) < 4.78 is 9.41. The Bertz CT molecular complexity index is 1390. The maximum Gasteiger partial charge on any atom is 0.337 e. The van der Waals surface area contributed by atoms with Gasteiger partial charge in [-0.15, -0.1) is 0 Å².